The third kappa shape index (κ3) is 3.65. The molecule has 0 aliphatic heterocycles. The van der Waals surface area contributed by atoms with Gasteiger partial charge in [0.1, 0.15) is 11.3 Å². The number of hydrogen-bond donors (Lipinski definition) is 2. The Morgan fingerprint density at radius 1 is 1.20 bits per heavy atom. The van der Waals surface area contributed by atoms with Gasteiger partial charge in [-0.2, -0.15) is 28.1 Å². The first-order valence-corrected chi connectivity index (χ1v) is 7.61. The minimum atomic E-state index is -4.70. The molecule has 9 heteroatoms. The zero-order valence-corrected chi connectivity index (χ0v) is 13.6. The molecule has 0 fully saturated rings. The van der Waals surface area contributed by atoms with Gasteiger partial charge in [-0.25, -0.2) is 0 Å². The van der Waals surface area contributed by atoms with Gasteiger partial charge >= 0.3 is 6.18 Å². The Kier molecular flexibility index (Phi) is 4.23. The van der Waals surface area contributed by atoms with Crippen LogP contribution in [-0.4, -0.2) is 15.0 Å². The van der Waals surface area contributed by atoms with Gasteiger partial charge in [-0.05, 0) is 31.0 Å². The second-order valence-electron chi connectivity index (χ2n) is 5.63. The van der Waals surface area contributed by atoms with Crippen LogP contribution in [0.2, 0.25) is 0 Å². The van der Waals surface area contributed by atoms with E-state index >= 15 is 0 Å². The van der Waals surface area contributed by atoms with Crippen LogP contribution in [-0.2, 0) is 6.18 Å². The summed E-state index contributed by atoms with van der Waals surface area (Å²) in [5, 5.41) is 3.75. The quantitative estimate of drug-likeness (QED) is 0.736. The zero-order valence-electron chi connectivity index (χ0n) is 13.6. The van der Waals surface area contributed by atoms with E-state index in [4.69, 9.17) is 10.2 Å². The van der Waals surface area contributed by atoms with E-state index in [9.17, 15) is 13.2 Å². The average molecular weight is 351 g/mol. The third-order valence-electron chi connectivity index (χ3n) is 3.66. The predicted molar refractivity (Wildman–Crippen MR) is 86.8 cm³/mol. The second-order valence-corrected chi connectivity index (χ2v) is 5.63. The normalized spacial score (nSPS) is 13.2. The molecule has 132 valence electrons. The van der Waals surface area contributed by atoms with Crippen LogP contribution in [0.1, 0.15) is 36.5 Å². The fraction of sp³-hybridized carbons (Fsp3) is 0.312. The predicted octanol–water partition coefficient (Wildman–Crippen LogP) is 4.09. The third-order valence-corrected chi connectivity index (χ3v) is 3.66. The van der Waals surface area contributed by atoms with Gasteiger partial charge in [0.05, 0.1) is 6.04 Å². The number of furan rings is 1. The lowest BCUT2D eigenvalue weighted by atomic mass is 10.1. The van der Waals surface area contributed by atoms with Crippen molar-refractivity contribution in [2.24, 2.45) is 0 Å². The molecule has 0 spiro atoms. The topological polar surface area (TPSA) is 89.9 Å². The van der Waals surface area contributed by atoms with E-state index in [1.807, 2.05) is 38.1 Å². The van der Waals surface area contributed by atoms with E-state index < -0.39 is 24.0 Å². The SMILES string of the molecule is CCC(Nc1nc(N)nc(C(F)(F)F)n1)c1cc2ccc(C)cc2o1. The zero-order chi connectivity index (χ0) is 18.2. The number of nitrogens with one attached hydrogen (secondary N) is 1. The lowest BCUT2D eigenvalue weighted by Gasteiger charge is -2.15. The van der Waals surface area contributed by atoms with Crippen LogP contribution in [0.25, 0.3) is 11.0 Å². The number of fused-ring (bicyclic) bond motifs is 1. The molecule has 1 aromatic carbocycles. The van der Waals surface area contributed by atoms with Gasteiger partial charge in [0.2, 0.25) is 17.7 Å². The molecule has 3 aromatic rings. The number of nitrogen functional groups attached to an aromatic ring is 1. The van der Waals surface area contributed by atoms with Gasteiger partial charge in [0, 0.05) is 5.39 Å². The van der Waals surface area contributed by atoms with Crippen LogP contribution in [0.4, 0.5) is 25.1 Å². The molecule has 2 heterocycles. The molecule has 6 nitrogen and oxygen atoms in total. The van der Waals surface area contributed by atoms with E-state index in [1.54, 1.807) is 0 Å². The maximum absolute atomic E-state index is 12.8. The van der Waals surface area contributed by atoms with Crippen molar-refractivity contribution < 1.29 is 17.6 Å². The van der Waals surface area contributed by atoms with Crippen LogP contribution >= 0.6 is 0 Å². The van der Waals surface area contributed by atoms with Crippen molar-refractivity contribution in [3.8, 4) is 0 Å². The monoisotopic (exact) mass is 351 g/mol. The lowest BCUT2D eigenvalue weighted by Crippen LogP contribution is -2.18. The summed E-state index contributed by atoms with van der Waals surface area (Å²) in [5.41, 5.74) is 7.12. The van der Waals surface area contributed by atoms with Gasteiger partial charge in [-0.15, -0.1) is 0 Å². The summed E-state index contributed by atoms with van der Waals surface area (Å²) in [6, 6.07) is 7.21. The molecule has 0 saturated heterocycles. The Bertz CT molecular complexity index is 906. The first-order valence-electron chi connectivity index (χ1n) is 7.61. The van der Waals surface area contributed by atoms with Crippen molar-refractivity contribution in [2.45, 2.75) is 32.5 Å². The Hall–Kier alpha value is -2.84. The van der Waals surface area contributed by atoms with Crippen molar-refractivity contribution in [1.29, 1.82) is 0 Å². The summed E-state index contributed by atoms with van der Waals surface area (Å²) in [7, 11) is 0. The van der Waals surface area contributed by atoms with Gasteiger partial charge in [0.15, 0.2) is 0 Å². The number of nitrogens with zero attached hydrogens (tertiary/aromatic N) is 3. The second kappa shape index (κ2) is 6.23. The summed E-state index contributed by atoms with van der Waals surface area (Å²) >= 11 is 0. The molecule has 3 rings (SSSR count). The number of hydrogen-bond acceptors (Lipinski definition) is 6. The molecule has 2 aromatic heterocycles. The van der Waals surface area contributed by atoms with Crippen LogP contribution in [0.5, 0.6) is 0 Å². The fourth-order valence-corrected chi connectivity index (χ4v) is 2.44. The molecule has 3 N–H and O–H groups in total. The molecule has 0 aliphatic carbocycles. The molecule has 0 bridgehead atoms. The van der Waals surface area contributed by atoms with Gasteiger partial charge in [-0.3, -0.25) is 0 Å². The van der Waals surface area contributed by atoms with E-state index in [0.29, 0.717) is 17.8 Å². The maximum atomic E-state index is 12.8. The largest absolute Gasteiger partial charge is 0.459 e. The lowest BCUT2D eigenvalue weighted by molar-refractivity contribution is -0.144. The van der Waals surface area contributed by atoms with Crippen molar-refractivity contribution in [2.75, 3.05) is 11.1 Å². The molecule has 1 atom stereocenters. The van der Waals surface area contributed by atoms with E-state index in [2.05, 4.69) is 20.3 Å². The summed E-state index contributed by atoms with van der Waals surface area (Å²) in [6.07, 6.45) is -4.15. The van der Waals surface area contributed by atoms with Gasteiger partial charge in [0.25, 0.3) is 0 Å². The molecular formula is C16H16F3N5O. The summed E-state index contributed by atoms with van der Waals surface area (Å²) in [5.74, 6) is -1.50. The number of alkyl halides is 3. The molecular weight excluding hydrogens is 335 g/mol. The fourth-order valence-electron chi connectivity index (χ4n) is 2.44. The van der Waals surface area contributed by atoms with E-state index in [1.165, 1.54) is 0 Å². The van der Waals surface area contributed by atoms with Crippen molar-refractivity contribution in [3.63, 3.8) is 0 Å². The van der Waals surface area contributed by atoms with Crippen molar-refractivity contribution in [3.05, 3.63) is 41.4 Å². The number of halogens is 3. The number of aryl methyl sites for hydroxylation is 1. The van der Waals surface area contributed by atoms with E-state index in [-0.39, 0.29) is 5.95 Å². The summed E-state index contributed by atoms with van der Waals surface area (Å²) in [6.45, 7) is 3.81. The molecule has 0 aliphatic rings. The Morgan fingerprint density at radius 3 is 2.64 bits per heavy atom. The highest BCUT2D eigenvalue weighted by Crippen LogP contribution is 2.30. The summed E-state index contributed by atoms with van der Waals surface area (Å²) in [4.78, 5) is 10.3. The smallest absolute Gasteiger partial charge is 0.451 e. The Labute approximate surface area is 141 Å². The van der Waals surface area contributed by atoms with Crippen molar-refractivity contribution >= 4 is 22.9 Å². The first-order chi connectivity index (χ1) is 11.8. The highest BCUT2D eigenvalue weighted by atomic mass is 19.4. The minimum Gasteiger partial charge on any atom is -0.459 e. The number of aromatic nitrogens is 3. The Morgan fingerprint density at radius 2 is 1.96 bits per heavy atom. The molecule has 0 amide bonds. The minimum absolute atomic E-state index is 0.247. The van der Waals surface area contributed by atoms with Crippen LogP contribution in [0.3, 0.4) is 0 Å². The standard InChI is InChI=1S/C16H16F3N5O/c1-3-10(12-7-9-5-4-8(2)6-11(9)25-12)21-15-23-13(16(17,18)19)22-14(20)24-15/h4-7,10H,3H2,1-2H3,(H3,20,21,22,23,24). The highest BCUT2D eigenvalue weighted by molar-refractivity contribution is 5.78. The van der Waals surface area contributed by atoms with E-state index in [0.717, 1.165) is 10.9 Å². The van der Waals surface area contributed by atoms with Crippen LogP contribution < -0.4 is 11.1 Å². The van der Waals surface area contributed by atoms with Gasteiger partial charge < -0.3 is 15.5 Å². The number of nitrogens with two attached hydrogens (primary N) is 1. The number of anilines is 2. The summed E-state index contributed by atoms with van der Waals surface area (Å²) < 4.78 is 44.3. The molecule has 0 saturated carbocycles. The Balaban J connectivity index is 1.92. The van der Waals surface area contributed by atoms with Crippen molar-refractivity contribution in [1.82, 2.24) is 15.0 Å². The molecule has 25 heavy (non-hydrogen) atoms. The highest BCUT2D eigenvalue weighted by Gasteiger charge is 2.36. The maximum Gasteiger partial charge on any atom is 0.451 e. The number of rotatable bonds is 4. The molecule has 1 unspecified atom stereocenters. The first kappa shape index (κ1) is 17.0. The van der Waals surface area contributed by atoms with Crippen LogP contribution in [0.15, 0.2) is 28.7 Å². The number of benzene rings is 1. The van der Waals surface area contributed by atoms with Crippen LogP contribution in [0, 0.1) is 6.92 Å². The average Bonchev–Trinajstić information content (AvgIpc) is 2.94. The molecule has 0 radical (unpaired) electrons. The van der Waals surface area contributed by atoms with Gasteiger partial charge in [-0.1, -0.05) is 19.1 Å².